The number of morpholine rings is 1. The predicted molar refractivity (Wildman–Crippen MR) is 85.7 cm³/mol. The van der Waals surface area contributed by atoms with Crippen molar-refractivity contribution in [1.82, 2.24) is 4.90 Å². The van der Waals surface area contributed by atoms with E-state index in [1.807, 2.05) is 36.4 Å². The number of carbonyl (C=O) groups is 2. The van der Waals surface area contributed by atoms with Gasteiger partial charge in [0, 0.05) is 16.5 Å². The molecule has 2 aromatic carbocycles. The van der Waals surface area contributed by atoms with Crippen molar-refractivity contribution in [2.75, 3.05) is 39.4 Å². The highest BCUT2D eigenvalue weighted by Gasteiger charge is 2.33. The molecule has 4 rings (SSSR count). The number of hydrogen-bond acceptors (Lipinski definition) is 3. The van der Waals surface area contributed by atoms with Gasteiger partial charge in [0.15, 0.2) is 0 Å². The minimum absolute atomic E-state index is 0.174. The molecular weight excluding hydrogens is 292 g/mol. The third-order valence-electron chi connectivity index (χ3n) is 4.74. The van der Waals surface area contributed by atoms with Gasteiger partial charge >= 0.3 is 0 Å². The van der Waals surface area contributed by atoms with Crippen LogP contribution in [0.5, 0.6) is 0 Å². The van der Waals surface area contributed by atoms with Crippen LogP contribution in [0, 0.1) is 0 Å². The summed E-state index contributed by atoms with van der Waals surface area (Å²) in [5, 5.41) is 1.74. The number of carbonyl (C=O) groups excluding carboxylic acids is 2. The average Bonchev–Trinajstić information content (AvgIpc) is 2.60. The molecular formula is C18H19N2O3+. The molecule has 1 fully saturated rings. The molecule has 2 aliphatic heterocycles. The van der Waals surface area contributed by atoms with Crippen molar-refractivity contribution in [2.45, 2.75) is 0 Å². The van der Waals surface area contributed by atoms with E-state index in [4.69, 9.17) is 4.74 Å². The standard InChI is InChI=1S/C18H18N2O3/c21-17-14-5-1-3-13-4-2-6-15(16(13)14)18(22)20(17)8-7-19-9-11-23-12-10-19/h1-6H,7-12H2/p+1. The first kappa shape index (κ1) is 14.4. The van der Waals surface area contributed by atoms with E-state index in [0.717, 1.165) is 43.6 Å². The Morgan fingerprint density at radius 3 is 2.17 bits per heavy atom. The molecule has 0 aromatic heterocycles. The normalized spacial score (nSPS) is 18.7. The van der Waals surface area contributed by atoms with Crippen LogP contribution in [0.4, 0.5) is 0 Å². The van der Waals surface area contributed by atoms with Crippen molar-refractivity contribution in [3.05, 3.63) is 47.5 Å². The maximum atomic E-state index is 12.8. The first-order chi connectivity index (χ1) is 11.3. The van der Waals surface area contributed by atoms with Gasteiger partial charge in [-0.3, -0.25) is 14.5 Å². The van der Waals surface area contributed by atoms with E-state index in [0.29, 0.717) is 17.7 Å². The highest BCUT2D eigenvalue weighted by molar-refractivity contribution is 6.25. The zero-order valence-electron chi connectivity index (χ0n) is 12.9. The third kappa shape index (κ3) is 2.42. The van der Waals surface area contributed by atoms with Gasteiger partial charge in [-0.15, -0.1) is 0 Å². The Bertz CT molecular complexity index is 730. The van der Waals surface area contributed by atoms with E-state index in [9.17, 15) is 9.59 Å². The molecule has 0 aliphatic carbocycles. The second-order valence-electron chi connectivity index (χ2n) is 6.08. The molecule has 0 spiro atoms. The number of quaternary nitrogens is 1. The highest BCUT2D eigenvalue weighted by Crippen LogP contribution is 2.29. The Hall–Kier alpha value is -2.24. The van der Waals surface area contributed by atoms with Gasteiger partial charge < -0.3 is 9.64 Å². The quantitative estimate of drug-likeness (QED) is 0.832. The Labute approximate surface area is 134 Å². The molecule has 1 N–H and O–H groups in total. The summed E-state index contributed by atoms with van der Waals surface area (Å²) in [7, 11) is 0. The van der Waals surface area contributed by atoms with Crippen molar-refractivity contribution in [3.63, 3.8) is 0 Å². The predicted octanol–water partition coefficient (Wildman–Crippen LogP) is 0.351. The molecule has 2 heterocycles. The number of nitrogens with one attached hydrogen (secondary N) is 1. The maximum absolute atomic E-state index is 12.8. The van der Waals surface area contributed by atoms with Crippen LogP contribution in [-0.2, 0) is 4.74 Å². The Balaban J connectivity index is 1.63. The number of nitrogens with zero attached hydrogens (tertiary/aromatic N) is 1. The van der Waals surface area contributed by atoms with Crippen molar-refractivity contribution in [2.24, 2.45) is 0 Å². The SMILES string of the molecule is O=C1c2cccc3cccc(c23)C(=O)N1CC[NH+]1CCOCC1. The molecule has 0 unspecified atom stereocenters. The summed E-state index contributed by atoms with van der Waals surface area (Å²) in [6.07, 6.45) is 0. The second kappa shape index (κ2) is 5.76. The fourth-order valence-electron chi connectivity index (χ4n) is 3.46. The van der Waals surface area contributed by atoms with Gasteiger partial charge in [0.2, 0.25) is 0 Å². The van der Waals surface area contributed by atoms with Crippen LogP contribution < -0.4 is 4.90 Å². The lowest BCUT2D eigenvalue weighted by Crippen LogP contribution is -3.14. The second-order valence-corrected chi connectivity index (χ2v) is 6.08. The van der Waals surface area contributed by atoms with Gasteiger partial charge in [-0.2, -0.15) is 0 Å². The monoisotopic (exact) mass is 311 g/mol. The van der Waals surface area contributed by atoms with Crippen molar-refractivity contribution < 1.29 is 19.2 Å². The lowest BCUT2D eigenvalue weighted by molar-refractivity contribution is -0.907. The molecule has 1 saturated heterocycles. The summed E-state index contributed by atoms with van der Waals surface area (Å²) in [4.78, 5) is 28.3. The van der Waals surface area contributed by atoms with Gasteiger partial charge in [-0.25, -0.2) is 0 Å². The number of rotatable bonds is 3. The summed E-state index contributed by atoms with van der Waals surface area (Å²) < 4.78 is 5.35. The lowest BCUT2D eigenvalue weighted by atomic mass is 9.94. The number of ether oxygens (including phenoxy) is 1. The molecule has 0 atom stereocenters. The molecule has 0 saturated carbocycles. The largest absolute Gasteiger partial charge is 0.370 e. The minimum Gasteiger partial charge on any atom is -0.370 e. The molecule has 2 aromatic rings. The Morgan fingerprint density at radius 1 is 0.957 bits per heavy atom. The average molecular weight is 311 g/mol. The van der Waals surface area contributed by atoms with Crippen LogP contribution in [0.25, 0.3) is 10.8 Å². The molecule has 0 radical (unpaired) electrons. The Morgan fingerprint density at radius 2 is 1.57 bits per heavy atom. The summed E-state index contributed by atoms with van der Waals surface area (Å²) in [6.45, 7) is 4.60. The van der Waals surface area contributed by atoms with Gasteiger partial charge in [-0.05, 0) is 17.5 Å². The lowest BCUT2D eigenvalue weighted by Gasteiger charge is -2.29. The molecule has 0 bridgehead atoms. The summed E-state index contributed by atoms with van der Waals surface area (Å²) in [5.74, 6) is -0.348. The highest BCUT2D eigenvalue weighted by atomic mass is 16.5. The smallest absolute Gasteiger partial charge is 0.261 e. The van der Waals surface area contributed by atoms with Crippen molar-refractivity contribution >= 4 is 22.6 Å². The summed E-state index contributed by atoms with van der Waals surface area (Å²) in [6, 6.07) is 11.3. The molecule has 2 amide bonds. The van der Waals surface area contributed by atoms with Crippen LogP contribution in [0.2, 0.25) is 0 Å². The fourth-order valence-corrected chi connectivity index (χ4v) is 3.46. The molecule has 2 aliphatic rings. The van der Waals surface area contributed by atoms with Crippen LogP contribution in [0.1, 0.15) is 20.7 Å². The van der Waals surface area contributed by atoms with Crippen LogP contribution in [0.15, 0.2) is 36.4 Å². The van der Waals surface area contributed by atoms with Crippen LogP contribution >= 0.6 is 0 Å². The molecule has 23 heavy (non-hydrogen) atoms. The van der Waals surface area contributed by atoms with Crippen molar-refractivity contribution in [1.29, 1.82) is 0 Å². The number of imide groups is 1. The first-order valence-corrected chi connectivity index (χ1v) is 8.05. The molecule has 5 nitrogen and oxygen atoms in total. The molecule has 5 heteroatoms. The van der Waals surface area contributed by atoms with E-state index in [1.54, 1.807) is 0 Å². The van der Waals surface area contributed by atoms with Crippen LogP contribution in [-0.4, -0.2) is 56.1 Å². The zero-order valence-corrected chi connectivity index (χ0v) is 12.9. The van der Waals surface area contributed by atoms with E-state index >= 15 is 0 Å². The summed E-state index contributed by atoms with van der Waals surface area (Å²) >= 11 is 0. The number of benzene rings is 2. The topological polar surface area (TPSA) is 51.0 Å². The van der Waals surface area contributed by atoms with Gasteiger partial charge in [0.1, 0.15) is 13.1 Å². The van der Waals surface area contributed by atoms with E-state index in [1.165, 1.54) is 9.80 Å². The van der Waals surface area contributed by atoms with E-state index < -0.39 is 0 Å². The van der Waals surface area contributed by atoms with Crippen LogP contribution in [0.3, 0.4) is 0 Å². The van der Waals surface area contributed by atoms with Gasteiger partial charge in [0.05, 0.1) is 26.3 Å². The number of hydrogen-bond donors (Lipinski definition) is 1. The number of amides is 2. The maximum Gasteiger partial charge on any atom is 0.261 e. The van der Waals surface area contributed by atoms with E-state index in [-0.39, 0.29) is 11.8 Å². The zero-order chi connectivity index (χ0) is 15.8. The third-order valence-corrected chi connectivity index (χ3v) is 4.74. The van der Waals surface area contributed by atoms with Gasteiger partial charge in [0.25, 0.3) is 11.8 Å². The van der Waals surface area contributed by atoms with E-state index in [2.05, 4.69) is 0 Å². The molecule has 118 valence electrons. The van der Waals surface area contributed by atoms with Gasteiger partial charge in [-0.1, -0.05) is 24.3 Å². The Kier molecular flexibility index (Phi) is 3.59. The fraction of sp³-hybridized carbons (Fsp3) is 0.333. The van der Waals surface area contributed by atoms with Crippen molar-refractivity contribution in [3.8, 4) is 0 Å². The summed E-state index contributed by atoms with van der Waals surface area (Å²) in [5.41, 5.74) is 1.27. The first-order valence-electron chi connectivity index (χ1n) is 8.05. The minimum atomic E-state index is -0.174.